The molecule has 1 amide bonds. The van der Waals surface area contributed by atoms with Gasteiger partial charge in [-0.25, -0.2) is 4.39 Å². The molecule has 3 rings (SSSR count). The molecule has 0 aromatic heterocycles. The van der Waals surface area contributed by atoms with Crippen LogP contribution in [0.2, 0.25) is 0 Å². The van der Waals surface area contributed by atoms with E-state index in [1.165, 1.54) is 12.1 Å². The topological polar surface area (TPSA) is 47.6 Å². The second-order valence-electron chi connectivity index (χ2n) is 6.47. The van der Waals surface area contributed by atoms with E-state index in [1.807, 2.05) is 6.07 Å². The Morgan fingerprint density at radius 3 is 3.09 bits per heavy atom. The second-order valence-corrected chi connectivity index (χ2v) is 6.47. The maximum atomic E-state index is 13.5. The number of halogens is 1. The highest BCUT2D eigenvalue weighted by atomic mass is 19.1. The van der Waals surface area contributed by atoms with Crippen LogP contribution in [-0.4, -0.2) is 31.8 Å². The van der Waals surface area contributed by atoms with Crippen molar-refractivity contribution >= 4 is 5.91 Å². The van der Waals surface area contributed by atoms with Crippen molar-refractivity contribution in [1.29, 1.82) is 0 Å². The molecule has 1 aliphatic heterocycles. The van der Waals surface area contributed by atoms with E-state index in [-0.39, 0.29) is 30.0 Å². The van der Waals surface area contributed by atoms with Crippen LogP contribution < -0.4 is 5.32 Å². The van der Waals surface area contributed by atoms with Gasteiger partial charge in [0.15, 0.2) is 0 Å². The number of ether oxygens (including phenoxy) is 2. The van der Waals surface area contributed by atoms with Gasteiger partial charge in [-0.1, -0.05) is 18.6 Å². The molecule has 2 aliphatic rings. The van der Waals surface area contributed by atoms with E-state index >= 15 is 0 Å². The van der Waals surface area contributed by atoms with E-state index in [4.69, 9.17) is 9.47 Å². The lowest BCUT2D eigenvalue weighted by molar-refractivity contribution is -0.127. The van der Waals surface area contributed by atoms with Crippen LogP contribution in [0, 0.1) is 11.7 Å². The molecule has 4 atom stereocenters. The molecule has 0 bridgehead atoms. The Labute approximate surface area is 136 Å². The predicted molar refractivity (Wildman–Crippen MR) is 84.4 cm³/mol. The first-order valence-electron chi connectivity index (χ1n) is 8.36. The highest BCUT2D eigenvalue weighted by molar-refractivity contribution is 5.76. The molecule has 0 radical (unpaired) electrons. The van der Waals surface area contributed by atoms with Crippen molar-refractivity contribution in [3.05, 3.63) is 35.6 Å². The lowest BCUT2D eigenvalue weighted by Crippen LogP contribution is -2.48. The molecule has 1 N–H and O–H groups in total. The Kier molecular flexibility index (Phi) is 5.28. The summed E-state index contributed by atoms with van der Waals surface area (Å²) in [4.78, 5) is 12.1. The molecular formula is C18H24FNO3. The zero-order chi connectivity index (χ0) is 16.2. The second kappa shape index (κ2) is 7.41. The fourth-order valence-corrected chi connectivity index (χ4v) is 3.82. The number of nitrogens with one attached hydrogen (secondary N) is 1. The van der Waals surface area contributed by atoms with Crippen LogP contribution >= 0.6 is 0 Å². The van der Waals surface area contributed by atoms with Crippen LogP contribution in [-0.2, 0) is 14.3 Å². The van der Waals surface area contributed by atoms with Crippen LogP contribution in [0.1, 0.15) is 43.8 Å². The monoisotopic (exact) mass is 321 g/mol. The molecule has 1 aliphatic carbocycles. The number of rotatable bonds is 5. The van der Waals surface area contributed by atoms with Gasteiger partial charge in [0.25, 0.3) is 0 Å². The standard InChI is InChI=1S/C18H24FNO3/c1-22-9-8-18(21)20-15-11-17(12-4-2-5-13(19)10-12)23-16-7-3-6-14(15)16/h2,4-5,10,14-17H,3,6-9,11H2,1H3,(H,20,21)/t14-,15+,16+,17+/m0/s1. The number of amides is 1. The molecule has 5 heteroatoms. The molecule has 0 spiro atoms. The van der Waals surface area contributed by atoms with Gasteiger partial charge in [-0.05, 0) is 37.0 Å². The van der Waals surface area contributed by atoms with Crippen molar-refractivity contribution in [3.8, 4) is 0 Å². The summed E-state index contributed by atoms with van der Waals surface area (Å²) in [6.07, 6.45) is 4.29. The van der Waals surface area contributed by atoms with Crippen LogP contribution in [0.4, 0.5) is 4.39 Å². The van der Waals surface area contributed by atoms with Gasteiger partial charge in [-0.15, -0.1) is 0 Å². The molecular weight excluding hydrogens is 297 g/mol. The SMILES string of the molecule is COCCC(=O)N[C@@H]1C[C@H](c2cccc(F)c2)O[C@@H]2CCC[C@@H]12. The third-order valence-electron chi connectivity index (χ3n) is 4.93. The molecule has 4 nitrogen and oxygen atoms in total. The minimum absolute atomic E-state index is 0.0161. The Morgan fingerprint density at radius 2 is 2.30 bits per heavy atom. The number of carbonyl (C=O) groups is 1. The smallest absolute Gasteiger partial charge is 0.222 e. The molecule has 23 heavy (non-hydrogen) atoms. The van der Waals surface area contributed by atoms with E-state index in [1.54, 1.807) is 13.2 Å². The number of hydrogen-bond donors (Lipinski definition) is 1. The zero-order valence-corrected chi connectivity index (χ0v) is 13.5. The third kappa shape index (κ3) is 3.90. The summed E-state index contributed by atoms with van der Waals surface area (Å²) >= 11 is 0. The fraction of sp³-hybridized carbons (Fsp3) is 0.611. The van der Waals surface area contributed by atoms with Crippen LogP contribution in [0.15, 0.2) is 24.3 Å². The number of fused-ring (bicyclic) bond motifs is 1. The van der Waals surface area contributed by atoms with E-state index in [2.05, 4.69) is 5.32 Å². The minimum atomic E-state index is -0.250. The highest BCUT2D eigenvalue weighted by Crippen LogP contribution is 2.42. The first kappa shape index (κ1) is 16.4. The number of carbonyl (C=O) groups excluding carboxylic acids is 1. The quantitative estimate of drug-likeness (QED) is 0.907. The maximum Gasteiger partial charge on any atom is 0.222 e. The molecule has 1 heterocycles. The fourth-order valence-electron chi connectivity index (χ4n) is 3.82. The summed E-state index contributed by atoms with van der Waals surface area (Å²) in [5.41, 5.74) is 0.853. The highest BCUT2D eigenvalue weighted by Gasteiger charge is 2.42. The van der Waals surface area contributed by atoms with Gasteiger partial charge in [-0.2, -0.15) is 0 Å². The molecule has 126 valence electrons. The lowest BCUT2D eigenvalue weighted by Gasteiger charge is -2.39. The van der Waals surface area contributed by atoms with Crippen LogP contribution in [0.3, 0.4) is 0 Å². The van der Waals surface area contributed by atoms with Crippen molar-refractivity contribution in [2.75, 3.05) is 13.7 Å². The Morgan fingerprint density at radius 1 is 1.43 bits per heavy atom. The maximum absolute atomic E-state index is 13.5. The first-order valence-corrected chi connectivity index (χ1v) is 8.36. The average molecular weight is 321 g/mol. The van der Waals surface area contributed by atoms with E-state index in [0.29, 0.717) is 25.4 Å². The van der Waals surface area contributed by atoms with E-state index in [0.717, 1.165) is 24.8 Å². The summed E-state index contributed by atoms with van der Waals surface area (Å²) in [6.45, 7) is 0.427. The molecule has 1 aromatic carbocycles. The Balaban J connectivity index is 1.71. The van der Waals surface area contributed by atoms with Crippen LogP contribution in [0.25, 0.3) is 0 Å². The van der Waals surface area contributed by atoms with Crippen molar-refractivity contribution in [3.63, 3.8) is 0 Å². The van der Waals surface area contributed by atoms with Gasteiger partial charge in [0.2, 0.25) is 5.91 Å². The van der Waals surface area contributed by atoms with Crippen molar-refractivity contribution in [2.24, 2.45) is 5.92 Å². The zero-order valence-electron chi connectivity index (χ0n) is 13.5. The predicted octanol–water partition coefficient (Wildman–Crippen LogP) is 2.98. The summed E-state index contributed by atoms with van der Waals surface area (Å²) in [7, 11) is 1.59. The van der Waals surface area contributed by atoms with Gasteiger partial charge in [0.1, 0.15) is 5.82 Å². The van der Waals surface area contributed by atoms with Gasteiger partial charge in [0.05, 0.1) is 18.8 Å². The van der Waals surface area contributed by atoms with Crippen molar-refractivity contribution in [1.82, 2.24) is 5.32 Å². The largest absolute Gasteiger partial charge is 0.384 e. The van der Waals surface area contributed by atoms with Gasteiger partial charge in [0, 0.05) is 25.5 Å². The van der Waals surface area contributed by atoms with E-state index in [9.17, 15) is 9.18 Å². The van der Waals surface area contributed by atoms with Gasteiger partial charge < -0.3 is 14.8 Å². The lowest BCUT2D eigenvalue weighted by atomic mass is 9.86. The summed E-state index contributed by atoms with van der Waals surface area (Å²) in [5.74, 6) is 0.133. The number of benzene rings is 1. The normalized spacial score (nSPS) is 30.0. The van der Waals surface area contributed by atoms with Gasteiger partial charge >= 0.3 is 0 Å². The van der Waals surface area contributed by atoms with Crippen molar-refractivity contribution < 1.29 is 18.7 Å². The summed E-state index contributed by atoms with van der Waals surface area (Å²) in [5, 5.41) is 3.15. The third-order valence-corrected chi connectivity index (χ3v) is 4.93. The van der Waals surface area contributed by atoms with E-state index < -0.39 is 0 Å². The molecule has 0 unspecified atom stereocenters. The van der Waals surface area contributed by atoms with Crippen molar-refractivity contribution in [2.45, 2.75) is 50.4 Å². The molecule has 1 saturated heterocycles. The van der Waals surface area contributed by atoms with Gasteiger partial charge in [-0.3, -0.25) is 4.79 Å². The summed E-state index contributed by atoms with van der Waals surface area (Å²) in [6, 6.07) is 6.67. The minimum Gasteiger partial charge on any atom is -0.384 e. The first-order chi connectivity index (χ1) is 11.2. The molecule has 2 fully saturated rings. The number of methoxy groups -OCH3 is 1. The van der Waals surface area contributed by atoms with Crippen LogP contribution in [0.5, 0.6) is 0 Å². The summed E-state index contributed by atoms with van der Waals surface area (Å²) < 4.78 is 24.7. The molecule has 1 saturated carbocycles. The number of hydrogen-bond acceptors (Lipinski definition) is 3. The average Bonchev–Trinajstić information content (AvgIpc) is 3.01. The Hall–Kier alpha value is -1.46. The molecule has 1 aromatic rings. The Bertz CT molecular complexity index is 551.